The van der Waals surface area contributed by atoms with E-state index < -0.39 is 0 Å². The van der Waals surface area contributed by atoms with Crippen LogP contribution in [0.3, 0.4) is 0 Å². The highest BCUT2D eigenvalue weighted by Gasteiger charge is 2.33. The van der Waals surface area contributed by atoms with E-state index in [0.29, 0.717) is 0 Å². The van der Waals surface area contributed by atoms with Crippen LogP contribution >= 0.6 is 0 Å². The van der Waals surface area contributed by atoms with Gasteiger partial charge in [-0.1, -0.05) is 19.1 Å². The van der Waals surface area contributed by atoms with Crippen LogP contribution in [-0.2, 0) is 4.79 Å². The molecule has 0 saturated heterocycles. The Morgan fingerprint density at radius 3 is 2.71 bits per heavy atom. The van der Waals surface area contributed by atoms with Gasteiger partial charge >= 0.3 is 0 Å². The molecule has 4 unspecified atom stereocenters. The zero-order chi connectivity index (χ0) is 10.1. The molecule has 0 aromatic carbocycles. The molecule has 0 bridgehead atoms. The third kappa shape index (κ3) is 2.15. The van der Waals surface area contributed by atoms with E-state index in [2.05, 4.69) is 12.2 Å². The molecule has 0 spiro atoms. The summed E-state index contributed by atoms with van der Waals surface area (Å²) in [6.45, 7) is 3.07. The molecule has 78 valence electrons. The zero-order valence-electron chi connectivity index (χ0n) is 8.57. The minimum Gasteiger partial charge on any atom is -0.355 e. The zero-order valence-corrected chi connectivity index (χ0v) is 8.57. The van der Waals surface area contributed by atoms with E-state index in [-0.39, 0.29) is 17.9 Å². The van der Waals surface area contributed by atoms with Crippen LogP contribution in [-0.4, -0.2) is 18.5 Å². The smallest absolute Gasteiger partial charge is 0.227 e. The van der Waals surface area contributed by atoms with Crippen molar-refractivity contribution in [3.63, 3.8) is 0 Å². The number of carbonyl (C=O) groups excluding carboxylic acids is 1. The molecule has 3 nitrogen and oxygen atoms in total. The molecule has 1 saturated carbocycles. The van der Waals surface area contributed by atoms with Crippen molar-refractivity contribution < 1.29 is 4.79 Å². The van der Waals surface area contributed by atoms with Gasteiger partial charge in [-0.3, -0.25) is 4.79 Å². The van der Waals surface area contributed by atoms with Gasteiger partial charge in [0, 0.05) is 12.6 Å². The van der Waals surface area contributed by atoms with Gasteiger partial charge in [0.05, 0.1) is 5.92 Å². The Bertz CT molecular complexity index is 262. The van der Waals surface area contributed by atoms with Crippen molar-refractivity contribution in [1.29, 1.82) is 0 Å². The lowest BCUT2D eigenvalue weighted by Crippen LogP contribution is -2.32. The lowest BCUT2D eigenvalue weighted by atomic mass is 10.1. The normalized spacial score (nSPS) is 39.9. The molecule has 0 aliphatic heterocycles. The predicted molar refractivity (Wildman–Crippen MR) is 55.5 cm³/mol. The Kier molecular flexibility index (Phi) is 2.59. The Morgan fingerprint density at radius 1 is 1.50 bits per heavy atom. The van der Waals surface area contributed by atoms with E-state index in [4.69, 9.17) is 5.73 Å². The van der Waals surface area contributed by atoms with E-state index in [0.717, 1.165) is 24.8 Å². The number of hydrogen-bond donors (Lipinski definition) is 2. The molecule has 3 heteroatoms. The molecule has 14 heavy (non-hydrogen) atoms. The monoisotopic (exact) mass is 194 g/mol. The number of rotatable bonds is 3. The standard InChI is InChI=1S/C11H18N2O/c1-7-4-9(7)6-13-11(14)8-2-3-10(12)5-8/h2-3,7-10H,4-6,12H2,1H3,(H,13,14). The van der Waals surface area contributed by atoms with Gasteiger partial charge in [0.15, 0.2) is 0 Å². The minimum atomic E-state index is 0.0130. The molecule has 0 heterocycles. The van der Waals surface area contributed by atoms with Crippen molar-refractivity contribution in [2.45, 2.75) is 25.8 Å². The highest BCUT2D eigenvalue weighted by molar-refractivity contribution is 5.81. The van der Waals surface area contributed by atoms with E-state index in [1.807, 2.05) is 12.2 Å². The van der Waals surface area contributed by atoms with E-state index in [1.165, 1.54) is 6.42 Å². The lowest BCUT2D eigenvalue weighted by Gasteiger charge is -2.09. The molecule has 0 aromatic rings. The van der Waals surface area contributed by atoms with Gasteiger partial charge in [-0.25, -0.2) is 0 Å². The largest absolute Gasteiger partial charge is 0.355 e. The van der Waals surface area contributed by atoms with Crippen LogP contribution in [0, 0.1) is 17.8 Å². The van der Waals surface area contributed by atoms with Crippen molar-refractivity contribution in [2.75, 3.05) is 6.54 Å². The molecule has 4 atom stereocenters. The second kappa shape index (κ2) is 3.73. The summed E-state index contributed by atoms with van der Waals surface area (Å²) in [5.74, 6) is 1.68. The van der Waals surface area contributed by atoms with Crippen LogP contribution in [0.2, 0.25) is 0 Å². The quantitative estimate of drug-likeness (QED) is 0.648. The molecule has 1 amide bonds. The molecule has 0 aromatic heterocycles. The number of nitrogens with two attached hydrogens (primary N) is 1. The Labute approximate surface area is 84.7 Å². The van der Waals surface area contributed by atoms with Gasteiger partial charge in [0.2, 0.25) is 5.91 Å². The summed E-state index contributed by atoms with van der Waals surface area (Å²) in [6.07, 6.45) is 5.88. The topological polar surface area (TPSA) is 55.1 Å². The van der Waals surface area contributed by atoms with Crippen LogP contribution in [0.4, 0.5) is 0 Å². The van der Waals surface area contributed by atoms with E-state index in [1.54, 1.807) is 0 Å². The fourth-order valence-corrected chi connectivity index (χ4v) is 1.97. The highest BCUT2D eigenvalue weighted by Crippen LogP contribution is 2.36. The number of amides is 1. The summed E-state index contributed by atoms with van der Waals surface area (Å²) in [6, 6.07) is 0.0746. The maximum absolute atomic E-state index is 11.6. The molecule has 2 aliphatic carbocycles. The van der Waals surface area contributed by atoms with Crippen molar-refractivity contribution >= 4 is 5.91 Å². The van der Waals surface area contributed by atoms with E-state index >= 15 is 0 Å². The second-order valence-corrected chi connectivity index (χ2v) is 4.61. The van der Waals surface area contributed by atoms with Crippen molar-refractivity contribution in [1.82, 2.24) is 5.32 Å². The third-order valence-corrected chi connectivity index (χ3v) is 3.27. The molecule has 1 fully saturated rings. The van der Waals surface area contributed by atoms with E-state index in [9.17, 15) is 4.79 Å². The van der Waals surface area contributed by atoms with Gasteiger partial charge < -0.3 is 11.1 Å². The lowest BCUT2D eigenvalue weighted by molar-refractivity contribution is -0.123. The molecule has 2 aliphatic rings. The Hall–Kier alpha value is -0.830. The SMILES string of the molecule is CC1CC1CNC(=O)C1C=CC(N)C1. The summed E-state index contributed by atoms with van der Waals surface area (Å²) in [4.78, 5) is 11.6. The van der Waals surface area contributed by atoms with Crippen molar-refractivity contribution in [3.8, 4) is 0 Å². The molecule has 3 N–H and O–H groups in total. The average Bonchev–Trinajstić information content (AvgIpc) is 2.66. The first-order chi connectivity index (χ1) is 6.66. The summed E-state index contributed by atoms with van der Waals surface area (Å²) in [7, 11) is 0. The summed E-state index contributed by atoms with van der Waals surface area (Å²) in [5, 5.41) is 2.99. The number of carbonyl (C=O) groups is 1. The van der Waals surface area contributed by atoms with Crippen LogP contribution in [0.5, 0.6) is 0 Å². The third-order valence-electron chi connectivity index (χ3n) is 3.27. The fourth-order valence-electron chi connectivity index (χ4n) is 1.97. The van der Waals surface area contributed by atoms with Gasteiger partial charge in [0.1, 0.15) is 0 Å². The first-order valence-electron chi connectivity index (χ1n) is 5.38. The predicted octanol–water partition coefficient (Wildman–Crippen LogP) is 0.662. The molecule has 0 radical (unpaired) electrons. The minimum absolute atomic E-state index is 0.0130. The van der Waals surface area contributed by atoms with Gasteiger partial charge in [-0.2, -0.15) is 0 Å². The average molecular weight is 194 g/mol. The first-order valence-corrected chi connectivity index (χ1v) is 5.38. The second-order valence-electron chi connectivity index (χ2n) is 4.61. The van der Waals surface area contributed by atoms with Gasteiger partial charge in [-0.05, 0) is 24.7 Å². The highest BCUT2D eigenvalue weighted by atomic mass is 16.1. The summed E-state index contributed by atoms with van der Waals surface area (Å²) >= 11 is 0. The maximum Gasteiger partial charge on any atom is 0.227 e. The first kappa shape index (κ1) is 9.71. The fraction of sp³-hybridized carbons (Fsp3) is 0.727. The van der Waals surface area contributed by atoms with Crippen LogP contribution < -0.4 is 11.1 Å². The summed E-state index contributed by atoms with van der Waals surface area (Å²) < 4.78 is 0. The summed E-state index contributed by atoms with van der Waals surface area (Å²) in [5.41, 5.74) is 5.69. The number of hydrogen-bond acceptors (Lipinski definition) is 2. The maximum atomic E-state index is 11.6. The van der Waals surface area contributed by atoms with Gasteiger partial charge in [-0.15, -0.1) is 0 Å². The molecule has 2 rings (SSSR count). The molecular weight excluding hydrogens is 176 g/mol. The Morgan fingerprint density at radius 2 is 2.21 bits per heavy atom. The van der Waals surface area contributed by atoms with Crippen molar-refractivity contribution in [2.24, 2.45) is 23.5 Å². The van der Waals surface area contributed by atoms with Crippen LogP contribution in [0.15, 0.2) is 12.2 Å². The van der Waals surface area contributed by atoms with Crippen LogP contribution in [0.25, 0.3) is 0 Å². The van der Waals surface area contributed by atoms with Gasteiger partial charge in [0.25, 0.3) is 0 Å². The van der Waals surface area contributed by atoms with Crippen molar-refractivity contribution in [3.05, 3.63) is 12.2 Å². The molecular formula is C11H18N2O. The number of nitrogens with one attached hydrogen (secondary N) is 1. The van der Waals surface area contributed by atoms with Crippen LogP contribution in [0.1, 0.15) is 19.8 Å². The Balaban J connectivity index is 1.71.